The third-order valence-corrected chi connectivity index (χ3v) is 6.91. The first-order valence-electron chi connectivity index (χ1n) is 12.2. The van der Waals surface area contributed by atoms with Crippen LogP contribution in [0.3, 0.4) is 0 Å². The number of hydrogen-bond acceptors (Lipinski definition) is 5. The molecule has 0 radical (unpaired) electrons. The summed E-state index contributed by atoms with van der Waals surface area (Å²) in [5.41, 5.74) is 3.26. The first-order chi connectivity index (χ1) is 18.4. The van der Waals surface area contributed by atoms with E-state index in [0.29, 0.717) is 34.0 Å². The summed E-state index contributed by atoms with van der Waals surface area (Å²) in [5, 5.41) is 0.484. The smallest absolute Gasteiger partial charge is 0.259 e. The highest BCUT2D eigenvalue weighted by molar-refractivity contribution is 6.30. The van der Waals surface area contributed by atoms with E-state index in [9.17, 15) is 14.4 Å². The van der Waals surface area contributed by atoms with Gasteiger partial charge in [-0.1, -0.05) is 35.9 Å². The first-order valence-corrected chi connectivity index (χ1v) is 12.6. The van der Waals surface area contributed by atoms with E-state index in [1.165, 1.54) is 4.90 Å². The van der Waals surface area contributed by atoms with Crippen LogP contribution in [0.2, 0.25) is 5.02 Å². The van der Waals surface area contributed by atoms with Crippen molar-refractivity contribution in [2.75, 3.05) is 11.9 Å². The van der Waals surface area contributed by atoms with Crippen molar-refractivity contribution in [3.05, 3.63) is 124 Å². The second kappa shape index (κ2) is 10.9. The number of benzene rings is 2. The number of nitrogens with zero attached hydrogens (tertiary/aromatic N) is 4. The number of hydrogen-bond donors (Lipinski definition) is 0. The summed E-state index contributed by atoms with van der Waals surface area (Å²) < 4.78 is 0. The van der Waals surface area contributed by atoms with Gasteiger partial charge in [0, 0.05) is 61.2 Å². The second-order valence-corrected chi connectivity index (χ2v) is 9.64. The van der Waals surface area contributed by atoms with Gasteiger partial charge in [0.1, 0.15) is 5.82 Å². The molecule has 0 N–H and O–H groups in total. The number of amides is 2. The Bertz CT molecular complexity index is 1480. The number of aromatic nitrogens is 2. The van der Waals surface area contributed by atoms with Crippen LogP contribution in [0.25, 0.3) is 0 Å². The molecule has 1 aliphatic rings. The van der Waals surface area contributed by atoms with Gasteiger partial charge in [-0.15, -0.1) is 0 Å². The van der Waals surface area contributed by atoms with Gasteiger partial charge in [0.2, 0.25) is 0 Å². The van der Waals surface area contributed by atoms with E-state index in [-0.39, 0.29) is 30.6 Å². The van der Waals surface area contributed by atoms with Crippen LogP contribution >= 0.6 is 11.6 Å². The number of anilines is 1. The Morgan fingerprint density at radius 3 is 2.53 bits per heavy atom. The van der Waals surface area contributed by atoms with Crippen molar-refractivity contribution < 1.29 is 14.4 Å². The van der Waals surface area contributed by atoms with Gasteiger partial charge < -0.3 is 4.90 Å². The van der Waals surface area contributed by atoms with Crippen molar-refractivity contribution in [3.8, 4) is 0 Å². The van der Waals surface area contributed by atoms with Crippen LogP contribution in [0.15, 0.2) is 91.4 Å². The van der Waals surface area contributed by atoms with Crippen LogP contribution in [-0.4, -0.2) is 45.6 Å². The molecule has 7 nitrogen and oxygen atoms in total. The molecule has 5 rings (SSSR count). The van der Waals surface area contributed by atoms with E-state index in [1.54, 1.807) is 73.0 Å². The van der Waals surface area contributed by atoms with Crippen molar-refractivity contribution in [1.82, 2.24) is 14.9 Å². The molecule has 8 heteroatoms. The standard InChI is InChI=1S/C30H25ClN4O3/c1-34(28-6-2-3-14-33-28)29(37)22-9-7-20(8-10-22)19-35-26(15-21-5-4-13-32-18-21)27(36)17-23-16-24(31)11-12-25(23)30(35)38/h2-14,16,18,26H,15,17,19H2,1H3/t26-/m1/s1. The van der Waals surface area contributed by atoms with E-state index in [1.807, 2.05) is 30.3 Å². The number of halogens is 1. The molecule has 1 atom stereocenters. The molecule has 2 aromatic carbocycles. The van der Waals surface area contributed by atoms with E-state index >= 15 is 0 Å². The molecule has 4 aromatic rings. The lowest BCUT2D eigenvalue weighted by atomic mass is 9.98. The second-order valence-electron chi connectivity index (χ2n) is 9.21. The Balaban J connectivity index is 1.43. The Hall–Kier alpha value is -4.36. The maximum atomic E-state index is 13.8. The monoisotopic (exact) mass is 524 g/mol. The summed E-state index contributed by atoms with van der Waals surface area (Å²) in [6, 6.07) is 20.5. The van der Waals surface area contributed by atoms with Crippen LogP contribution in [0.1, 0.15) is 37.4 Å². The summed E-state index contributed by atoms with van der Waals surface area (Å²) in [6.07, 6.45) is 5.49. The number of fused-ring (bicyclic) bond motifs is 1. The molecule has 3 heterocycles. The third kappa shape index (κ3) is 5.33. The molecular formula is C30H25ClN4O3. The Kier molecular flexibility index (Phi) is 7.29. The molecule has 38 heavy (non-hydrogen) atoms. The minimum atomic E-state index is -0.672. The maximum absolute atomic E-state index is 13.8. The minimum absolute atomic E-state index is 0.0630. The summed E-state index contributed by atoms with van der Waals surface area (Å²) in [4.78, 5) is 51.7. The molecule has 2 aromatic heterocycles. The summed E-state index contributed by atoms with van der Waals surface area (Å²) in [6.45, 7) is 0.210. The fourth-order valence-electron chi connectivity index (χ4n) is 4.64. The number of carbonyl (C=O) groups excluding carboxylic acids is 3. The number of rotatable bonds is 6. The molecule has 0 saturated carbocycles. The zero-order valence-electron chi connectivity index (χ0n) is 20.8. The highest BCUT2D eigenvalue weighted by atomic mass is 35.5. The Labute approximate surface area is 225 Å². The lowest BCUT2D eigenvalue weighted by molar-refractivity contribution is -0.122. The van der Waals surface area contributed by atoms with Gasteiger partial charge in [0.15, 0.2) is 5.78 Å². The predicted molar refractivity (Wildman–Crippen MR) is 145 cm³/mol. The molecule has 190 valence electrons. The zero-order chi connectivity index (χ0) is 26.6. The SMILES string of the molecule is CN(C(=O)c1ccc(CN2C(=O)c3ccc(Cl)cc3CC(=O)[C@H]2Cc2cccnc2)cc1)c1ccccn1. The molecule has 0 bridgehead atoms. The summed E-state index contributed by atoms with van der Waals surface area (Å²) >= 11 is 6.18. The van der Waals surface area contributed by atoms with Crippen molar-refractivity contribution in [3.63, 3.8) is 0 Å². The van der Waals surface area contributed by atoms with Crippen molar-refractivity contribution in [2.24, 2.45) is 0 Å². The van der Waals surface area contributed by atoms with Gasteiger partial charge in [-0.3, -0.25) is 24.3 Å². The lowest BCUT2D eigenvalue weighted by Crippen LogP contribution is -2.44. The number of ketones is 1. The largest absolute Gasteiger partial charge is 0.324 e. The number of carbonyl (C=O) groups is 3. The first kappa shape index (κ1) is 25.3. The van der Waals surface area contributed by atoms with Crippen LogP contribution < -0.4 is 4.90 Å². The van der Waals surface area contributed by atoms with Gasteiger partial charge in [0.25, 0.3) is 11.8 Å². The molecule has 0 unspecified atom stereocenters. The highest BCUT2D eigenvalue weighted by Crippen LogP contribution is 2.27. The predicted octanol–water partition coefficient (Wildman–Crippen LogP) is 4.79. The fraction of sp³-hybridized carbons (Fsp3) is 0.167. The van der Waals surface area contributed by atoms with Gasteiger partial charge in [-0.2, -0.15) is 0 Å². The van der Waals surface area contributed by atoms with Gasteiger partial charge in [-0.05, 0) is 65.2 Å². The minimum Gasteiger partial charge on any atom is -0.324 e. The average Bonchev–Trinajstić information content (AvgIpc) is 3.03. The topological polar surface area (TPSA) is 83.5 Å². The quantitative estimate of drug-likeness (QED) is 0.362. The molecule has 0 fully saturated rings. The van der Waals surface area contributed by atoms with Crippen LogP contribution in [0.4, 0.5) is 5.82 Å². The van der Waals surface area contributed by atoms with Crippen LogP contribution in [-0.2, 0) is 24.2 Å². The maximum Gasteiger partial charge on any atom is 0.259 e. The fourth-order valence-corrected chi connectivity index (χ4v) is 4.83. The summed E-state index contributed by atoms with van der Waals surface area (Å²) in [7, 11) is 1.67. The molecule has 0 saturated heterocycles. The Morgan fingerprint density at radius 2 is 1.82 bits per heavy atom. The Morgan fingerprint density at radius 1 is 1.00 bits per heavy atom. The van der Waals surface area contributed by atoms with Crippen LogP contribution in [0.5, 0.6) is 0 Å². The lowest BCUT2D eigenvalue weighted by Gasteiger charge is -2.29. The zero-order valence-corrected chi connectivity index (χ0v) is 21.5. The van der Waals surface area contributed by atoms with Crippen molar-refractivity contribution in [2.45, 2.75) is 25.4 Å². The van der Waals surface area contributed by atoms with Crippen LogP contribution in [0, 0.1) is 0 Å². The van der Waals surface area contributed by atoms with Gasteiger partial charge in [-0.25, -0.2) is 4.98 Å². The van der Waals surface area contributed by atoms with Crippen molar-refractivity contribution in [1.29, 1.82) is 0 Å². The van der Waals surface area contributed by atoms with E-state index in [0.717, 1.165) is 11.1 Å². The number of Topliss-reactive ketones (excluding diaryl/α,β-unsaturated/α-hetero) is 1. The highest BCUT2D eigenvalue weighted by Gasteiger charge is 2.35. The number of pyridine rings is 2. The van der Waals surface area contributed by atoms with Gasteiger partial charge in [0.05, 0.1) is 6.04 Å². The molecule has 2 amide bonds. The third-order valence-electron chi connectivity index (χ3n) is 6.67. The van der Waals surface area contributed by atoms with Crippen molar-refractivity contribution >= 4 is 35.0 Å². The molecule has 0 aliphatic carbocycles. The molecular weight excluding hydrogens is 500 g/mol. The summed E-state index contributed by atoms with van der Waals surface area (Å²) in [5.74, 6) is 0.0576. The normalized spacial score (nSPS) is 15.1. The van der Waals surface area contributed by atoms with E-state index < -0.39 is 6.04 Å². The van der Waals surface area contributed by atoms with E-state index in [2.05, 4.69) is 9.97 Å². The molecule has 0 spiro atoms. The average molecular weight is 525 g/mol. The van der Waals surface area contributed by atoms with E-state index in [4.69, 9.17) is 11.6 Å². The van der Waals surface area contributed by atoms with Gasteiger partial charge >= 0.3 is 0 Å². The molecule has 1 aliphatic heterocycles.